The molecule has 15 heavy (non-hydrogen) atoms. The van der Waals surface area contributed by atoms with E-state index in [-0.39, 0.29) is 6.04 Å². The number of nitrogens with zero attached hydrogens (tertiary/aromatic N) is 2. The van der Waals surface area contributed by atoms with Crippen LogP contribution in [0.4, 0.5) is 5.69 Å². The predicted octanol–water partition coefficient (Wildman–Crippen LogP) is 2.29. The van der Waals surface area contributed by atoms with Gasteiger partial charge in [-0.3, -0.25) is 0 Å². The molecule has 4 nitrogen and oxygen atoms in total. The molecule has 1 heterocycles. The van der Waals surface area contributed by atoms with Crippen molar-refractivity contribution in [1.82, 2.24) is 9.78 Å². The van der Waals surface area contributed by atoms with Crippen LogP contribution in [0, 0.1) is 6.92 Å². The second-order valence-corrected chi connectivity index (χ2v) is 4.51. The van der Waals surface area contributed by atoms with Crippen LogP contribution in [0.25, 0.3) is 0 Å². The molecule has 1 fully saturated rings. The molecule has 0 saturated heterocycles. The normalized spacial score (nSPS) is 16.8. The average molecular weight is 209 g/mol. The fourth-order valence-corrected chi connectivity index (χ4v) is 1.65. The Bertz CT molecular complexity index is 353. The van der Waals surface area contributed by atoms with Gasteiger partial charge >= 0.3 is 0 Å². The summed E-state index contributed by atoms with van der Waals surface area (Å²) in [7, 11) is 0. The summed E-state index contributed by atoms with van der Waals surface area (Å²) in [5.74, 6) is 0.757. The van der Waals surface area contributed by atoms with E-state index >= 15 is 0 Å². The van der Waals surface area contributed by atoms with Gasteiger partial charge in [-0.1, -0.05) is 0 Å². The van der Waals surface area contributed by atoms with E-state index in [0.717, 1.165) is 24.4 Å². The Balaban J connectivity index is 2.25. The van der Waals surface area contributed by atoms with Crippen LogP contribution in [0.2, 0.25) is 0 Å². The van der Waals surface area contributed by atoms with Gasteiger partial charge in [-0.25, -0.2) is 4.68 Å². The summed E-state index contributed by atoms with van der Waals surface area (Å²) in [5.41, 5.74) is 7.51. The van der Waals surface area contributed by atoms with Crippen LogP contribution in [-0.2, 0) is 0 Å². The smallest absolute Gasteiger partial charge is 0.236 e. The molecular formula is C11H19N3O. The van der Waals surface area contributed by atoms with E-state index in [1.165, 1.54) is 6.42 Å². The Morgan fingerprint density at radius 3 is 2.60 bits per heavy atom. The monoisotopic (exact) mass is 209 g/mol. The highest BCUT2D eigenvalue weighted by atomic mass is 16.5. The Labute approximate surface area is 90.4 Å². The highest BCUT2D eigenvalue weighted by molar-refractivity contribution is 5.52. The van der Waals surface area contributed by atoms with Gasteiger partial charge in [0.15, 0.2) is 0 Å². The van der Waals surface area contributed by atoms with Crippen molar-refractivity contribution in [3.63, 3.8) is 0 Å². The number of rotatable bonds is 3. The number of nitrogens with two attached hydrogens (primary N) is 1. The minimum atomic E-state index is 0.288. The Morgan fingerprint density at radius 1 is 1.47 bits per heavy atom. The number of hydrogen-bond acceptors (Lipinski definition) is 3. The van der Waals surface area contributed by atoms with Crippen LogP contribution in [0.3, 0.4) is 0 Å². The van der Waals surface area contributed by atoms with Crippen molar-refractivity contribution in [2.45, 2.75) is 52.2 Å². The fourth-order valence-electron chi connectivity index (χ4n) is 1.65. The van der Waals surface area contributed by atoms with Crippen molar-refractivity contribution in [2.75, 3.05) is 5.73 Å². The highest BCUT2D eigenvalue weighted by Crippen LogP contribution is 2.32. The van der Waals surface area contributed by atoms with Gasteiger partial charge in [-0.2, -0.15) is 5.10 Å². The lowest BCUT2D eigenvalue weighted by Gasteiger charge is -2.27. The third kappa shape index (κ3) is 1.80. The van der Waals surface area contributed by atoms with Gasteiger partial charge in [0.25, 0.3) is 0 Å². The molecule has 0 atom stereocenters. The van der Waals surface area contributed by atoms with Gasteiger partial charge < -0.3 is 10.5 Å². The first kappa shape index (κ1) is 10.3. The van der Waals surface area contributed by atoms with E-state index in [0.29, 0.717) is 11.8 Å². The van der Waals surface area contributed by atoms with E-state index in [9.17, 15) is 0 Å². The van der Waals surface area contributed by atoms with Crippen molar-refractivity contribution in [1.29, 1.82) is 0 Å². The van der Waals surface area contributed by atoms with Crippen molar-refractivity contribution >= 4 is 5.69 Å². The standard InChI is InChI=1S/C11H19N3O/c1-7(2)14-11(10(12)8(3)13-14)15-9-5-4-6-9/h7,9H,4-6,12H2,1-3H3. The van der Waals surface area contributed by atoms with Crippen molar-refractivity contribution < 1.29 is 4.74 Å². The number of hydrogen-bond donors (Lipinski definition) is 1. The Morgan fingerprint density at radius 2 is 2.13 bits per heavy atom. The summed E-state index contributed by atoms with van der Waals surface area (Å²) in [6.45, 7) is 6.08. The molecular weight excluding hydrogens is 190 g/mol. The van der Waals surface area contributed by atoms with Crippen molar-refractivity contribution in [2.24, 2.45) is 0 Å². The SMILES string of the molecule is Cc1nn(C(C)C)c(OC2CCC2)c1N. The maximum atomic E-state index is 5.96. The fraction of sp³-hybridized carbons (Fsp3) is 0.727. The first-order valence-corrected chi connectivity index (χ1v) is 5.61. The largest absolute Gasteiger partial charge is 0.473 e. The zero-order valence-corrected chi connectivity index (χ0v) is 9.66. The molecule has 0 unspecified atom stereocenters. The van der Waals surface area contributed by atoms with Crippen LogP contribution in [0.5, 0.6) is 5.88 Å². The second kappa shape index (κ2) is 3.76. The summed E-state index contributed by atoms with van der Waals surface area (Å²) in [6, 6.07) is 0.288. The number of aryl methyl sites for hydroxylation is 1. The minimum absolute atomic E-state index is 0.288. The third-order valence-electron chi connectivity index (χ3n) is 2.91. The quantitative estimate of drug-likeness (QED) is 0.831. The lowest BCUT2D eigenvalue weighted by molar-refractivity contribution is 0.106. The Kier molecular flexibility index (Phi) is 2.59. The number of anilines is 1. The molecule has 0 amide bonds. The zero-order chi connectivity index (χ0) is 11.0. The molecule has 0 radical (unpaired) electrons. The van der Waals surface area contributed by atoms with E-state index in [2.05, 4.69) is 18.9 Å². The third-order valence-corrected chi connectivity index (χ3v) is 2.91. The van der Waals surface area contributed by atoms with E-state index in [1.54, 1.807) is 0 Å². The molecule has 1 saturated carbocycles. The molecule has 84 valence electrons. The number of nitrogen functional groups attached to an aromatic ring is 1. The predicted molar refractivity (Wildman–Crippen MR) is 60.0 cm³/mol. The summed E-state index contributed by atoms with van der Waals surface area (Å²) in [4.78, 5) is 0. The van der Waals surface area contributed by atoms with Crippen LogP contribution < -0.4 is 10.5 Å². The molecule has 2 N–H and O–H groups in total. The molecule has 0 aliphatic heterocycles. The van der Waals surface area contributed by atoms with Gasteiger partial charge in [-0.15, -0.1) is 0 Å². The topological polar surface area (TPSA) is 53.1 Å². The number of aromatic nitrogens is 2. The van der Waals surface area contributed by atoms with E-state index in [1.807, 2.05) is 11.6 Å². The van der Waals surface area contributed by atoms with Crippen LogP contribution in [0.15, 0.2) is 0 Å². The van der Waals surface area contributed by atoms with Gasteiger partial charge in [0, 0.05) is 0 Å². The lowest BCUT2D eigenvalue weighted by Crippen LogP contribution is -2.26. The van der Waals surface area contributed by atoms with Gasteiger partial charge in [0.05, 0.1) is 11.7 Å². The summed E-state index contributed by atoms with van der Waals surface area (Å²) in [6.07, 6.45) is 3.89. The molecule has 0 spiro atoms. The Hall–Kier alpha value is -1.19. The van der Waals surface area contributed by atoms with Crippen molar-refractivity contribution in [3.8, 4) is 5.88 Å². The lowest BCUT2D eigenvalue weighted by atomic mass is 9.96. The first-order chi connectivity index (χ1) is 7.09. The highest BCUT2D eigenvalue weighted by Gasteiger charge is 2.24. The van der Waals surface area contributed by atoms with Crippen molar-refractivity contribution in [3.05, 3.63) is 5.69 Å². The maximum Gasteiger partial charge on any atom is 0.236 e. The molecule has 2 rings (SSSR count). The zero-order valence-electron chi connectivity index (χ0n) is 9.66. The summed E-state index contributed by atoms with van der Waals surface area (Å²) < 4.78 is 7.75. The molecule has 1 aliphatic carbocycles. The molecule has 1 aliphatic rings. The van der Waals surface area contributed by atoms with E-state index in [4.69, 9.17) is 10.5 Å². The van der Waals surface area contributed by atoms with Crippen LogP contribution in [0.1, 0.15) is 44.8 Å². The number of ether oxygens (including phenoxy) is 1. The summed E-state index contributed by atoms with van der Waals surface area (Å²) >= 11 is 0. The molecule has 1 aromatic rings. The van der Waals surface area contributed by atoms with Gasteiger partial charge in [0.2, 0.25) is 5.88 Å². The second-order valence-electron chi connectivity index (χ2n) is 4.51. The summed E-state index contributed by atoms with van der Waals surface area (Å²) in [5, 5.41) is 4.39. The average Bonchev–Trinajstić information content (AvgIpc) is 2.38. The van der Waals surface area contributed by atoms with E-state index < -0.39 is 0 Å². The van der Waals surface area contributed by atoms with Gasteiger partial charge in [-0.05, 0) is 40.0 Å². The van der Waals surface area contributed by atoms with Gasteiger partial charge in [0.1, 0.15) is 11.8 Å². The maximum absolute atomic E-state index is 5.96. The molecule has 4 heteroatoms. The molecule has 0 aromatic carbocycles. The van der Waals surface area contributed by atoms with Crippen LogP contribution in [-0.4, -0.2) is 15.9 Å². The molecule has 0 bridgehead atoms. The molecule has 1 aromatic heterocycles. The minimum Gasteiger partial charge on any atom is -0.473 e. The first-order valence-electron chi connectivity index (χ1n) is 5.61. The van der Waals surface area contributed by atoms with Crippen LogP contribution >= 0.6 is 0 Å².